The molecule has 206 valence electrons. The van der Waals surface area contributed by atoms with Crippen LogP contribution in [0.25, 0.3) is 28.0 Å². The third-order valence-corrected chi connectivity index (χ3v) is 9.17. The first-order valence-electron chi connectivity index (χ1n) is 14.6. The number of nitrogens with zero attached hydrogens (tertiary/aromatic N) is 6. The molecule has 4 aromatic rings. The van der Waals surface area contributed by atoms with E-state index in [2.05, 4.69) is 47.2 Å². The Balaban J connectivity index is 1.15. The topological polar surface area (TPSA) is 76.4 Å². The fourth-order valence-electron chi connectivity index (χ4n) is 6.88. The number of rotatable bonds is 5. The van der Waals surface area contributed by atoms with Crippen LogP contribution in [0.15, 0.2) is 48.8 Å². The number of amides is 1. The average Bonchev–Trinajstić information content (AvgIpc) is 3.75. The third kappa shape index (κ3) is 4.35. The number of ether oxygens (including phenoxy) is 1. The molecule has 7 rings (SSSR count). The maximum absolute atomic E-state index is 13.0. The first-order valence-corrected chi connectivity index (χ1v) is 14.6. The van der Waals surface area contributed by atoms with Gasteiger partial charge in [-0.15, -0.1) is 0 Å². The number of aromatic nitrogens is 4. The van der Waals surface area contributed by atoms with Gasteiger partial charge in [0.15, 0.2) is 0 Å². The molecule has 0 spiro atoms. The molecule has 0 bridgehead atoms. The van der Waals surface area contributed by atoms with Crippen LogP contribution in [0, 0.1) is 0 Å². The van der Waals surface area contributed by atoms with Crippen molar-refractivity contribution in [3.8, 4) is 22.7 Å². The van der Waals surface area contributed by atoms with Gasteiger partial charge in [0.1, 0.15) is 17.0 Å². The van der Waals surface area contributed by atoms with Crippen LogP contribution in [-0.4, -0.2) is 75.3 Å². The molecule has 0 N–H and O–H groups in total. The number of fused-ring (bicyclic) bond motifs is 2. The Kier molecular flexibility index (Phi) is 6.50. The number of methoxy groups -OCH3 is 1. The van der Waals surface area contributed by atoms with E-state index in [0.717, 1.165) is 91.8 Å². The minimum Gasteiger partial charge on any atom is -0.495 e. The van der Waals surface area contributed by atoms with Crippen molar-refractivity contribution in [3.05, 3.63) is 65.6 Å². The zero-order valence-corrected chi connectivity index (χ0v) is 23.3. The molecule has 2 saturated heterocycles. The van der Waals surface area contributed by atoms with Gasteiger partial charge in [0.05, 0.1) is 30.6 Å². The van der Waals surface area contributed by atoms with Gasteiger partial charge in [0, 0.05) is 42.5 Å². The summed E-state index contributed by atoms with van der Waals surface area (Å²) in [7, 11) is 3.74. The highest BCUT2D eigenvalue weighted by Gasteiger charge is 2.33. The van der Waals surface area contributed by atoms with Gasteiger partial charge in [-0.2, -0.15) is 5.10 Å². The predicted molar refractivity (Wildman–Crippen MR) is 155 cm³/mol. The number of piperidine rings is 1. The molecule has 0 saturated carbocycles. The van der Waals surface area contributed by atoms with Crippen LogP contribution in [0.5, 0.6) is 5.75 Å². The summed E-state index contributed by atoms with van der Waals surface area (Å²) in [6.45, 7) is 2.63. The summed E-state index contributed by atoms with van der Waals surface area (Å²) < 4.78 is 7.55. The Morgan fingerprint density at radius 1 is 0.975 bits per heavy atom. The number of likely N-dealkylation sites (N-methyl/N-ethyl adjacent to an activating group) is 1. The van der Waals surface area contributed by atoms with Gasteiger partial charge < -0.3 is 9.64 Å². The summed E-state index contributed by atoms with van der Waals surface area (Å²) in [5.41, 5.74) is 8.55. The van der Waals surface area contributed by atoms with Crippen molar-refractivity contribution in [3.63, 3.8) is 0 Å². The van der Waals surface area contributed by atoms with Crippen molar-refractivity contribution < 1.29 is 9.53 Å². The van der Waals surface area contributed by atoms with E-state index >= 15 is 0 Å². The van der Waals surface area contributed by atoms with Crippen molar-refractivity contribution in [1.82, 2.24) is 29.5 Å². The summed E-state index contributed by atoms with van der Waals surface area (Å²) in [4.78, 5) is 27.0. The molecule has 1 amide bonds. The Labute approximate surface area is 235 Å². The van der Waals surface area contributed by atoms with Crippen LogP contribution in [0.3, 0.4) is 0 Å². The second kappa shape index (κ2) is 10.3. The molecule has 1 aliphatic carbocycles. The lowest BCUT2D eigenvalue weighted by Gasteiger charge is -2.34. The van der Waals surface area contributed by atoms with Crippen LogP contribution < -0.4 is 4.74 Å². The van der Waals surface area contributed by atoms with Gasteiger partial charge in [-0.05, 0) is 87.9 Å². The average molecular weight is 537 g/mol. The molecule has 2 aliphatic heterocycles. The zero-order chi connectivity index (χ0) is 27.2. The molecule has 0 radical (unpaired) electrons. The van der Waals surface area contributed by atoms with E-state index in [1.54, 1.807) is 13.3 Å². The largest absolute Gasteiger partial charge is 0.495 e. The number of benzene rings is 1. The first-order chi connectivity index (χ1) is 19.6. The van der Waals surface area contributed by atoms with Gasteiger partial charge in [-0.1, -0.05) is 12.1 Å². The van der Waals surface area contributed by atoms with E-state index in [0.29, 0.717) is 17.6 Å². The van der Waals surface area contributed by atoms with E-state index in [1.165, 1.54) is 17.5 Å². The summed E-state index contributed by atoms with van der Waals surface area (Å²) >= 11 is 0. The van der Waals surface area contributed by atoms with Gasteiger partial charge in [0.2, 0.25) is 5.91 Å². The Hall–Kier alpha value is -3.78. The normalized spacial score (nSPS) is 19.9. The highest BCUT2D eigenvalue weighted by Crippen LogP contribution is 2.35. The minimum atomic E-state index is 0.0640. The van der Waals surface area contributed by atoms with Gasteiger partial charge in [-0.25, -0.2) is 9.67 Å². The maximum atomic E-state index is 13.0. The highest BCUT2D eigenvalue weighted by atomic mass is 16.5. The zero-order valence-electron chi connectivity index (χ0n) is 23.3. The fraction of sp³-hybridized carbons (Fsp3) is 0.438. The van der Waals surface area contributed by atoms with Crippen LogP contribution in [0.2, 0.25) is 0 Å². The molecule has 3 aromatic heterocycles. The maximum Gasteiger partial charge on any atom is 0.239 e. The number of hydrogen-bond acceptors (Lipinski definition) is 6. The molecular weight excluding hydrogens is 500 g/mol. The molecular formula is C32H36N6O2. The van der Waals surface area contributed by atoms with Crippen LogP contribution in [0.1, 0.15) is 54.8 Å². The van der Waals surface area contributed by atoms with Gasteiger partial charge in [0.25, 0.3) is 0 Å². The molecule has 1 atom stereocenters. The van der Waals surface area contributed by atoms with Gasteiger partial charge >= 0.3 is 0 Å². The predicted octanol–water partition coefficient (Wildman–Crippen LogP) is 4.78. The smallest absolute Gasteiger partial charge is 0.239 e. The molecule has 0 unspecified atom stereocenters. The van der Waals surface area contributed by atoms with Crippen molar-refractivity contribution in [2.75, 3.05) is 33.8 Å². The monoisotopic (exact) mass is 536 g/mol. The lowest BCUT2D eigenvalue weighted by Crippen LogP contribution is -2.47. The van der Waals surface area contributed by atoms with Crippen molar-refractivity contribution >= 4 is 16.9 Å². The van der Waals surface area contributed by atoms with Crippen LogP contribution in [-0.2, 0) is 17.6 Å². The second-order valence-electron chi connectivity index (χ2n) is 11.5. The second-order valence-corrected chi connectivity index (χ2v) is 11.5. The number of likely N-dealkylation sites (tertiary alicyclic amines) is 2. The van der Waals surface area contributed by atoms with E-state index in [4.69, 9.17) is 19.8 Å². The molecule has 8 nitrogen and oxygen atoms in total. The minimum absolute atomic E-state index is 0.0640. The summed E-state index contributed by atoms with van der Waals surface area (Å²) in [6, 6.07) is 12.9. The Morgan fingerprint density at radius 2 is 1.85 bits per heavy atom. The quantitative estimate of drug-likeness (QED) is 0.365. The number of pyridine rings is 2. The highest BCUT2D eigenvalue weighted by molar-refractivity contribution is 5.91. The lowest BCUT2D eigenvalue weighted by molar-refractivity contribution is -0.136. The lowest BCUT2D eigenvalue weighted by atomic mass is 9.92. The molecule has 2 fully saturated rings. The molecule has 8 heteroatoms. The van der Waals surface area contributed by atoms with E-state index in [-0.39, 0.29) is 6.04 Å². The van der Waals surface area contributed by atoms with Crippen LogP contribution in [0.4, 0.5) is 0 Å². The first kappa shape index (κ1) is 25.2. The van der Waals surface area contributed by atoms with Crippen LogP contribution >= 0.6 is 0 Å². The molecule has 40 heavy (non-hydrogen) atoms. The van der Waals surface area contributed by atoms with E-state index in [1.807, 2.05) is 16.9 Å². The molecule has 5 heterocycles. The SMILES string of the molecule is COc1cnc2c(-c3ccc(C4CCN(C(=O)[C@@H]5CCCN5C)CC4)nc3)nn(-c3cccc4c3CCC4)c2c1. The van der Waals surface area contributed by atoms with Crippen molar-refractivity contribution in [2.45, 2.75) is 56.9 Å². The molecule has 1 aromatic carbocycles. The Morgan fingerprint density at radius 3 is 2.60 bits per heavy atom. The number of hydrogen-bond donors (Lipinski definition) is 0. The van der Waals surface area contributed by atoms with Crippen molar-refractivity contribution in [2.24, 2.45) is 0 Å². The van der Waals surface area contributed by atoms with E-state index in [9.17, 15) is 4.79 Å². The van der Waals surface area contributed by atoms with E-state index < -0.39 is 0 Å². The summed E-state index contributed by atoms with van der Waals surface area (Å²) in [6.07, 6.45) is 11.1. The summed E-state index contributed by atoms with van der Waals surface area (Å²) in [5.74, 6) is 1.38. The molecule has 3 aliphatic rings. The third-order valence-electron chi connectivity index (χ3n) is 9.17. The van der Waals surface area contributed by atoms with Crippen molar-refractivity contribution in [1.29, 1.82) is 0 Å². The standard InChI is InChI=1S/C32H36N6O2/c1-36-15-5-10-28(36)32(39)37-16-13-22(14-17-37)26-12-11-23(19-33-26)30-31-29(18-24(40-2)20-34-31)38(35-30)27-9-4-7-21-6-3-8-25(21)27/h4,7,9,11-12,18-20,22,28H,3,5-6,8,10,13-17H2,1-2H3/t28-/m0/s1. The number of carbonyl (C=O) groups excluding carboxylic acids is 1. The summed E-state index contributed by atoms with van der Waals surface area (Å²) in [5, 5.41) is 5.11. The fourth-order valence-corrected chi connectivity index (χ4v) is 6.88. The number of aryl methyl sites for hydroxylation is 1. The Bertz CT molecular complexity index is 1550. The number of carbonyl (C=O) groups is 1. The van der Waals surface area contributed by atoms with Gasteiger partial charge in [-0.3, -0.25) is 14.7 Å².